The van der Waals surface area contributed by atoms with Crippen LogP contribution in [0.15, 0.2) is 0 Å². The molecule has 0 heterocycles. The summed E-state index contributed by atoms with van der Waals surface area (Å²) in [5.74, 6) is 1.46. The Labute approximate surface area is 127 Å². The molecule has 0 bridgehead atoms. The normalized spacial score (nSPS) is 30.3. The number of halogens is 3. The van der Waals surface area contributed by atoms with E-state index in [0.717, 1.165) is 24.7 Å². The fourth-order valence-corrected chi connectivity index (χ4v) is 4.43. The lowest BCUT2D eigenvalue weighted by atomic mass is 9.70. The fraction of sp³-hybridized carbons (Fsp3) is 1.00. The standard InChI is InChI=1S/C18H31F3/c1-14(18(19,20)21)6-5-7-15-10-12-17(13-11-15)16-8-3-2-4-9-16/h14-17H,2-13H2,1H3/t14?,15-,17-. The molecule has 0 saturated heterocycles. The zero-order chi connectivity index (χ0) is 15.3. The van der Waals surface area contributed by atoms with Crippen LogP contribution in [0.4, 0.5) is 13.2 Å². The molecule has 21 heavy (non-hydrogen) atoms. The van der Waals surface area contributed by atoms with Gasteiger partial charge in [0.05, 0.1) is 5.92 Å². The molecular formula is C18H31F3. The van der Waals surface area contributed by atoms with Crippen molar-refractivity contribution in [2.24, 2.45) is 23.7 Å². The van der Waals surface area contributed by atoms with Crippen LogP contribution >= 0.6 is 0 Å². The van der Waals surface area contributed by atoms with E-state index < -0.39 is 12.1 Å². The van der Waals surface area contributed by atoms with Crippen molar-refractivity contribution in [1.29, 1.82) is 0 Å². The summed E-state index contributed by atoms with van der Waals surface area (Å²) in [4.78, 5) is 0. The second-order valence-electron chi connectivity index (χ2n) is 7.55. The van der Waals surface area contributed by atoms with Crippen molar-refractivity contribution < 1.29 is 13.2 Å². The molecule has 0 spiro atoms. The van der Waals surface area contributed by atoms with Crippen LogP contribution in [0.5, 0.6) is 0 Å². The molecule has 2 fully saturated rings. The third-order valence-electron chi connectivity index (χ3n) is 6.02. The third kappa shape index (κ3) is 5.49. The summed E-state index contributed by atoms with van der Waals surface area (Å²) in [6.07, 6.45) is 10.4. The van der Waals surface area contributed by atoms with E-state index in [4.69, 9.17) is 0 Å². The molecule has 2 aliphatic rings. The minimum atomic E-state index is -4.00. The van der Waals surface area contributed by atoms with E-state index in [9.17, 15) is 13.2 Å². The minimum absolute atomic E-state index is 0.312. The van der Waals surface area contributed by atoms with E-state index in [1.165, 1.54) is 64.7 Å². The lowest BCUT2D eigenvalue weighted by molar-refractivity contribution is -0.171. The van der Waals surface area contributed by atoms with Gasteiger partial charge in [-0.05, 0) is 37.0 Å². The molecule has 2 rings (SSSR count). The molecule has 0 aromatic carbocycles. The number of hydrogen-bond acceptors (Lipinski definition) is 0. The van der Waals surface area contributed by atoms with Crippen molar-refractivity contribution >= 4 is 0 Å². The average Bonchev–Trinajstić information content (AvgIpc) is 2.48. The Bertz CT molecular complexity index is 283. The van der Waals surface area contributed by atoms with Crippen LogP contribution in [0.2, 0.25) is 0 Å². The Hall–Kier alpha value is -0.210. The summed E-state index contributed by atoms with van der Waals surface area (Å²) < 4.78 is 37.4. The summed E-state index contributed by atoms with van der Waals surface area (Å²) in [6.45, 7) is 1.32. The van der Waals surface area contributed by atoms with Crippen molar-refractivity contribution in [3.8, 4) is 0 Å². The Kier molecular flexibility index (Phi) is 6.43. The maximum atomic E-state index is 12.5. The third-order valence-corrected chi connectivity index (χ3v) is 6.02. The van der Waals surface area contributed by atoms with E-state index in [1.807, 2.05) is 0 Å². The first-order chi connectivity index (χ1) is 9.97. The molecule has 0 aromatic heterocycles. The van der Waals surface area contributed by atoms with Crippen LogP contribution in [0.25, 0.3) is 0 Å². The van der Waals surface area contributed by atoms with Gasteiger partial charge >= 0.3 is 6.18 Å². The zero-order valence-corrected chi connectivity index (χ0v) is 13.4. The van der Waals surface area contributed by atoms with Gasteiger partial charge in [-0.1, -0.05) is 64.7 Å². The van der Waals surface area contributed by atoms with Gasteiger partial charge in [0.2, 0.25) is 0 Å². The van der Waals surface area contributed by atoms with Crippen LogP contribution in [-0.2, 0) is 0 Å². The SMILES string of the molecule is CC(CCC[C@H]1CC[C@H](C2CCCCC2)CC1)C(F)(F)F. The molecule has 0 nitrogen and oxygen atoms in total. The lowest BCUT2D eigenvalue weighted by Gasteiger charge is -2.36. The van der Waals surface area contributed by atoms with Crippen LogP contribution < -0.4 is 0 Å². The molecule has 2 aliphatic carbocycles. The van der Waals surface area contributed by atoms with E-state index in [1.54, 1.807) is 0 Å². The minimum Gasteiger partial charge on any atom is -0.171 e. The first-order valence-electron chi connectivity index (χ1n) is 9.03. The molecule has 3 heteroatoms. The van der Waals surface area contributed by atoms with E-state index >= 15 is 0 Å². The van der Waals surface area contributed by atoms with E-state index in [-0.39, 0.29) is 0 Å². The van der Waals surface area contributed by atoms with Crippen LogP contribution in [0.3, 0.4) is 0 Å². The molecule has 0 radical (unpaired) electrons. The monoisotopic (exact) mass is 304 g/mol. The van der Waals surface area contributed by atoms with Gasteiger partial charge in [0, 0.05) is 0 Å². The van der Waals surface area contributed by atoms with Gasteiger partial charge in [0.15, 0.2) is 0 Å². The molecule has 0 amide bonds. The van der Waals surface area contributed by atoms with Gasteiger partial charge in [-0.2, -0.15) is 13.2 Å². The smallest absolute Gasteiger partial charge is 0.171 e. The molecule has 0 N–H and O–H groups in total. The van der Waals surface area contributed by atoms with Gasteiger partial charge in [-0.25, -0.2) is 0 Å². The number of alkyl halides is 3. The molecule has 0 aromatic rings. The quantitative estimate of drug-likeness (QED) is 0.527. The van der Waals surface area contributed by atoms with Crippen molar-refractivity contribution in [1.82, 2.24) is 0 Å². The Morgan fingerprint density at radius 3 is 2.00 bits per heavy atom. The highest BCUT2D eigenvalue weighted by Crippen LogP contribution is 2.41. The summed E-state index contributed by atoms with van der Waals surface area (Å²) in [6, 6.07) is 0. The summed E-state index contributed by atoms with van der Waals surface area (Å²) in [5.41, 5.74) is 0. The van der Waals surface area contributed by atoms with Crippen molar-refractivity contribution in [2.75, 3.05) is 0 Å². The van der Waals surface area contributed by atoms with Gasteiger partial charge in [0.1, 0.15) is 0 Å². The molecule has 2 saturated carbocycles. The molecule has 1 unspecified atom stereocenters. The highest BCUT2D eigenvalue weighted by Gasteiger charge is 2.35. The Balaban J connectivity index is 1.60. The van der Waals surface area contributed by atoms with Crippen molar-refractivity contribution in [3.63, 3.8) is 0 Å². The molecule has 0 aliphatic heterocycles. The number of rotatable bonds is 5. The fourth-order valence-electron chi connectivity index (χ4n) is 4.43. The van der Waals surface area contributed by atoms with Crippen LogP contribution in [0.1, 0.15) is 84.0 Å². The first kappa shape index (κ1) is 17.1. The summed E-state index contributed by atoms with van der Waals surface area (Å²) in [7, 11) is 0. The predicted octanol–water partition coefficient (Wildman–Crippen LogP) is 6.74. The van der Waals surface area contributed by atoms with E-state index in [2.05, 4.69) is 0 Å². The summed E-state index contributed by atoms with van der Waals surface area (Å²) >= 11 is 0. The number of hydrogen-bond donors (Lipinski definition) is 0. The second kappa shape index (κ2) is 7.87. The average molecular weight is 304 g/mol. The molecule has 1 atom stereocenters. The maximum absolute atomic E-state index is 12.5. The molecule has 124 valence electrons. The van der Waals surface area contributed by atoms with Gasteiger partial charge in [-0.15, -0.1) is 0 Å². The highest BCUT2D eigenvalue weighted by atomic mass is 19.4. The van der Waals surface area contributed by atoms with Crippen molar-refractivity contribution in [2.45, 2.75) is 90.1 Å². The van der Waals surface area contributed by atoms with E-state index in [0.29, 0.717) is 12.3 Å². The summed E-state index contributed by atoms with van der Waals surface area (Å²) in [5, 5.41) is 0. The Morgan fingerprint density at radius 1 is 0.857 bits per heavy atom. The van der Waals surface area contributed by atoms with Gasteiger partial charge in [-0.3, -0.25) is 0 Å². The largest absolute Gasteiger partial charge is 0.391 e. The zero-order valence-electron chi connectivity index (χ0n) is 13.4. The predicted molar refractivity (Wildman–Crippen MR) is 81.1 cm³/mol. The lowest BCUT2D eigenvalue weighted by Crippen LogP contribution is -2.24. The maximum Gasteiger partial charge on any atom is 0.391 e. The van der Waals surface area contributed by atoms with Gasteiger partial charge in [0.25, 0.3) is 0 Å². The second-order valence-corrected chi connectivity index (χ2v) is 7.55. The van der Waals surface area contributed by atoms with Crippen molar-refractivity contribution in [3.05, 3.63) is 0 Å². The van der Waals surface area contributed by atoms with Gasteiger partial charge < -0.3 is 0 Å². The van der Waals surface area contributed by atoms with Crippen LogP contribution in [0, 0.1) is 23.7 Å². The highest BCUT2D eigenvalue weighted by molar-refractivity contribution is 4.80. The Morgan fingerprint density at radius 2 is 1.43 bits per heavy atom. The molecular weight excluding hydrogens is 273 g/mol. The topological polar surface area (TPSA) is 0 Å². The van der Waals surface area contributed by atoms with Crippen LogP contribution in [-0.4, -0.2) is 6.18 Å². The first-order valence-corrected chi connectivity index (χ1v) is 9.03.